The van der Waals surface area contributed by atoms with Gasteiger partial charge in [0.25, 0.3) is 6.01 Å². The third-order valence-corrected chi connectivity index (χ3v) is 7.08. The predicted octanol–water partition coefficient (Wildman–Crippen LogP) is 4.66. The predicted molar refractivity (Wildman–Crippen MR) is 121 cm³/mol. The van der Waals surface area contributed by atoms with E-state index >= 15 is 0 Å². The minimum atomic E-state index is 0.337. The number of imidazole rings is 2. The lowest BCUT2D eigenvalue weighted by molar-refractivity contribution is -0.708. The molecule has 5 rings (SSSR count). The molecule has 0 aliphatic carbocycles. The minimum Gasteiger partial charge on any atom is -0.465 e. The van der Waals surface area contributed by atoms with E-state index in [0.29, 0.717) is 23.8 Å². The third-order valence-electron chi connectivity index (χ3n) is 7.08. The van der Waals surface area contributed by atoms with E-state index in [1.165, 1.54) is 17.9 Å². The van der Waals surface area contributed by atoms with Crippen LogP contribution < -0.4 is 9.30 Å². The zero-order valence-corrected chi connectivity index (χ0v) is 20.0. The van der Waals surface area contributed by atoms with Gasteiger partial charge in [-0.05, 0) is 19.3 Å². The molecule has 0 bridgehead atoms. The highest BCUT2D eigenvalue weighted by atomic mass is 16.5. The van der Waals surface area contributed by atoms with Crippen molar-refractivity contribution in [3.05, 3.63) is 47.5 Å². The molecule has 172 valence electrons. The van der Waals surface area contributed by atoms with Crippen LogP contribution in [0, 0.1) is 6.92 Å². The van der Waals surface area contributed by atoms with Crippen LogP contribution in [-0.2, 0) is 19.5 Å². The second-order valence-corrected chi connectivity index (χ2v) is 10.0. The van der Waals surface area contributed by atoms with E-state index in [1.807, 2.05) is 6.92 Å². The SMILES string of the molecule is Cc1oc(C(C)C)c[n+]1CC(C)c1cn2c(n1)CCC2CC(C)c1cn2c(n1)OCCC2. The van der Waals surface area contributed by atoms with Gasteiger partial charge in [-0.25, -0.2) is 9.97 Å². The van der Waals surface area contributed by atoms with Crippen LogP contribution in [0.5, 0.6) is 6.01 Å². The highest BCUT2D eigenvalue weighted by Gasteiger charge is 2.29. The fourth-order valence-electron chi connectivity index (χ4n) is 5.05. The molecule has 0 N–H and O–H groups in total. The molecule has 3 atom stereocenters. The van der Waals surface area contributed by atoms with Gasteiger partial charge in [-0.3, -0.25) is 0 Å². The number of hydrogen-bond donors (Lipinski definition) is 0. The van der Waals surface area contributed by atoms with Crippen molar-refractivity contribution in [1.29, 1.82) is 0 Å². The first-order chi connectivity index (χ1) is 15.4. The molecular formula is C25H36N5O2+. The van der Waals surface area contributed by atoms with Gasteiger partial charge in [0.15, 0.2) is 12.3 Å². The summed E-state index contributed by atoms with van der Waals surface area (Å²) in [6, 6.07) is 1.28. The molecule has 0 fully saturated rings. The standard InChI is InChI=1S/C25H36N5O2/c1-16(2)23-15-29(19(5)32-23)12-18(4)22-14-30-20(7-8-24(30)26-22)11-17(3)21-13-28-9-6-10-31-25(28)27-21/h13-18,20H,6-12H2,1-5H3/q+1. The number of nitrogens with zero attached hydrogens (tertiary/aromatic N) is 5. The fraction of sp³-hybridized carbons (Fsp3) is 0.640. The van der Waals surface area contributed by atoms with Crippen molar-refractivity contribution < 1.29 is 13.7 Å². The Kier molecular flexibility index (Phi) is 5.59. The van der Waals surface area contributed by atoms with Crippen molar-refractivity contribution in [3.8, 4) is 6.01 Å². The molecule has 0 saturated carbocycles. The van der Waals surface area contributed by atoms with Gasteiger partial charge < -0.3 is 18.3 Å². The fourth-order valence-corrected chi connectivity index (χ4v) is 5.05. The number of aromatic nitrogens is 5. The first-order valence-electron chi connectivity index (χ1n) is 12.2. The first kappa shape index (κ1) is 21.3. The van der Waals surface area contributed by atoms with Crippen molar-refractivity contribution in [2.75, 3.05) is 6.61 Å². The summed E-state index contributed by atoms with van der Waals surface area (Å²) in [4.78, 5) is 9.78. The number of oxazole rings is 1. The Morgan fingerprint density at radius 1 is 1.12 bits per heavy atom. The van der Waals surface area contributed by atoms with Gasteiger partial charge in [-0.2, -0.15) is 4.57 Å². The molecule has 3 unspecified atom stereocenters. The summed E-state index contributed by atoms with van der Waals surface area (Å²) in [6.45, 7) is 13.6. The van der Waals surface area contributed by atoms with Crippen LogP contribution in [0.3, 0.4) is 0 Å². The summed E-state index contributed by atoms with van der Waals surface area (Å²) >= 11 is 0. The highest BCUT2D eigenvalue weighted by Crippen LogP contribution is 2.36. The smallest absolute Gasteiger partial charge is 0.343 e. The summed E-state index contributed by atoms with van der Waals surface area (Å²) in [7, 11) is 0. The van der Waals surface area contributed by atoms with Gasteiger partial charge in [-0.15, -0.1) is 0 Å². The number of aryl methyl sites for hydroxylation is 3. The molecule has 32 heavy (non-hydrogen) atoms. The molecular weight excluding hydrogens is 402 g/mol. The molecule has 0 aromatic carbocycles. The second kappa shape index (κ2) is 8.41. The van der Waals surface area contributed by atoms with Crippen molar-refractivity contribution in [2.24, 2.45) is 0 Å². The highest BCUT2D eigenvalue weighted by molar-refractivity contribution is 5.16. The monoisotopic (exact) mass is 438 g/mol. The van der Waals surface area contributed by atoms with Gasteiger partial charge in [0.05, 0.1) is 30.8 Å². The number of hydrogen-bond acceptors (Lipinski definition) is 4. The molecule has 3 aromatic rings. The minimum absolute atomic E-state index is 0.337. The Bertz CT molecular complexity index is 1070. The quantitative estimate of drug-likeness (QED) is 0.504. The Labute approximate surface area is 190 Å². The topological polar surface area (TPSA) is 61.9 Å². The van der Waals surface area contributed by atoms with Crippen LogP contribution >= 0.6 is 0 Å². The molecule has 2 aliphatic heterocycles. The normalized spacial score (nSPS) is 19.6. The van der Waals surface area contributed by atoms with Crippen LogP contribution in [0.15, 0.2) is 23.0 Å². The summed E-state index contributed by atoms with van der Waals surface area (Å²) in [5, 5.41) is 0. The lowest BCUT2D eigenvalue weighted by Gasteiger charge is -2.17. The molecule has 0 radical (unpaired) electrons. The Morgan fingerprint density at radius 2 is 1.94 bits per heavy atom. The van der Waals surface area contributed by atoms with Crippen molar-refractivity contribution in [2.45, 2.75) is 97.2 Å². The summed E-state index contributed by atoms with van der Waals surface area (Å²) < 4.78 is 18.5. The van der Waals surface area contributed by atoms with E-state index in [9.17, 15) is 0 Å². The van der Waals surface area contributed by atoms with E-state index in [0.717, 1.165) is 62.3 Å². The Balaban J connectivity index is 1.27. The summed E-state index contributed by atoms with van der Waals surface area (Å²) in [6.07, 6.45) is 11.0. The van der Waals surface area contributed by atoms with Gasteiger partial charge in [0.1, 0.15) is 5.82 Å². The van der Waals surface area contributed by atoms with Gasteiger partial charge in [0, 0.05) is 43.2 Å². The molecule has 0 saturated heterocycles. The van der Waals surface area contributed by atoms with Crippen LogP contribution in [-0.4, -0.2) is 25.7 Å². The van der Waals surface area contributed by atoms with Gasteiger partial charge in [0.2, 0.25) is 6.20 Å². The van der Waals surface area contributed by atoms with Crippen molar-refractivity contribution in [1.82, 2.24) is 19.1 Å². The third kappa shape index (κ3) is 3.97. The lowest BCUT2D eigenvalue weighted by Crippen LogP contribution is -2.36. The van der Waals surface area contributed by atoms with E-state index in [4.69, 9.17) is 19.1 Å². The van der Waals surface area contributed by atoms with E-state index < -0.39 is 0 Å². The molecule has 0 amide bonds. The van der Waals surface area contributed by atoms with Gasteiger partial charge in [-0.1, -0.05) is 27.7 Å². The molecule has 0 spiro atoms. The van der Waals surface area contributed by atoms with Crippen LogP contribution in [0.25, 0.3) is 0 Å². The number of rotatable bonds is 7. The van der Waals surface area contributed by atoms with Crippen LogP contribution in [0.4, 0.5) is 0 Å². The maximum Gasteiger partial charge on any atom is 0.343 e. The average Bonchev–Trinajstić information content (AvgIpc) is 3.52. The largest absolute Gasteiger partial charge is 0.465 e. The van der Waals surface area contributed by atoms with E-state index in [2.05, 4.69) is 60.0 Å². The van der Waals surface area contributed by atoms with Crippen LogP contribution in [0.1, 0.15) is 99.6 Å². The maximum atomic E-state index is 5.93. The molecule has 7 heteroatoms. The van der Waals surface area contributed by atoms with E-state index in [1.54, 1.807) is 0 Å². The second-order valence-electron chi connectivity index (χ2n) is 10.0. The molecule has 3 aromatic heterocycles. The molecule has 5 heterocycles. The van der Waals surface area contributed by atoms with Crippen molar-refractivity contribution >= 4 is 0 Å². The van der Waals surface area contributed by atoms with E-state index in [-0.39, 0.29) is 0 Å². The zero-order valence-electron chi connectivity index (χ0n) is 20.0. The zero-order chi connectivity index (χ0) is 22.4. The Morgan fingerprint density at radius 3 is 2.69 bits per heavy atom. The molecule has 7 nitrogen and oxygen atoms in total. The summed E-state index contributed by atoms with van der Waals surface area (Å²) in [5.74, 6) is 4.37. The average molecular weight is 439 g/mol. The summed E-state index contributed by atoms with van der Waals surface area (Å²) in [5.41, 5.74) is 2.33. The maximum absolute atomic E-state index is 5.93. The first-order valence-corrected chi connectivity index (χ1v) is 12.2. The number of fused-ring (bicyclic) bond motifs is 2. The Hall–Kier alpha value is -2.57. The van der Waals surface area contributed by atoms with Gasteiger partial charge >= 0.3 is 5.89 Å². The van der Waals surface area contributed by atoms with Crippen molar-refractivity contribution in [3.63, 3.8) is 0 Å². The number of ether oxygens (including phenoxy) is 1. The lowest BCUT2D eigenvalue weighted by atomic mass is 9.97. The molecule has 2 aliphatic rings. The van der Waals surface area contributed by atoms with Crippen LogP contribution in [0.2, 0.25) is 0 Å².